The molecule has 0 unspecified atom stereocenters. The molecule has 178 valence electrons. The molecule has 0 bridgehead atoms. The van der Waals surface area contributed by atoms with E-state index in [1.54, 1.807) is 26.7 Å². The molecule has 0 amide bonds. The van der Waals surface area contributed by atoms with Gasteiger partial charge in [-0.25, -0.2) is 15.0 Å². The minimum absolute atomic E-state index is 0.371. The maximum absolute atomic E-state index is 5.57. The number of aromatic nitrogens is 5. The Morgan fingerprint density at radius 1 is 1.12 bits per heavy atom. The highest BCUT2D eigenvalue weighted by Gasteiger charge is 2.26. The van der Waals surface area contributed by atoms with Gasteiger partial charge in [-0.3, -0.25) is 0 Å². The first-order valence-electron chi connectivity index (χ1n) is 11.7. The van der Waals surface area contributed by atoms with E-state index in [1.807, 2.05) is 29.6 Å². The van der Waals surface area contributed by atoms with E-state index in [0.717, 1.165) is 52.9 Å². The molecule has 0 radical (unpaired) electrons. The third kappa shape index (κ3) is 4.18. The first kappa shape index (κ1) is 22.2. The molecular weight excluding hydrogens is 432 g/mol. The predicted octanol–water partition coefficient (Wildman–Crippen LogP) is 5.01. The Morgan fingerprint density at radius 2 is 1.94 bits per heavy atom. The van der Waals surface area contributed by atoms with Crippen LogP contribution in [-0.2, 0) is 6.54 Å². The van der Waals surface area contributed by atoms with Crippen molar-refractivity contribution in [1.82, 2.24) is 24.6 Å². The SMILES string of the molecule is COc1ccc(CNc2nc(-c3ncco3)c(C)c3nc(C4CCC(C)CC4)nn23)c(OC)c1. The van der Waals surface area contributed by atoms with Crippen LogP contribution in [0.2, 0.25) is 0 Å². The summed E-state index contributed by atoms with van der Waals surface area (Å²) in [5.74, 6) is 4.53. The molecular formula is C25H30N6O3. The van der Waals surface area contributed by atoms with Crippen LogP contribution in [0.15, 0.2) is 35.1 Å². The fourth-order valence-electron chi connectivity index (χ4n) is 4.59. The summed E-state index contributed by atoms with van der Waals surface area (Å²) in [6.45, 7) is 4.79. The summed E-state index contributed by atoms with van der Waals surface area (Å²) >= 11 is 0. The summed E-state index contributed by atoms with van der Waals surface area (Å²) < 4.78 is 18.3. The van der Waals surface area contributed by atoms with Gasteiger partial charge in [0, 0.05) is 29.7 Å². The van der Waals surface area contributed by atoms with Crippen LogP contribution in [0.3, 0.4) is 0 Å². The van der Waals surface area contributed by atoms with Crippen molar-refractivity contribution in [2.45, 2.75) is 52.0 Å². The van der Waals surface area contributed by atoms with Gasteiger partial charge >= 0.3 is 0 Å². The molecule has 1 saturated carbocycles. The number of ether oxygens (including phenoxy) is 2. The molecule has 9 nitrogen and oxygen atoms in total. The van der Waals surface area contributed by atoms with Gasteiger partial charge in [0.25, 0.3) is 0 Å². The van der Waals surface area contributed by atoms with Gasteiger partial charge in [-0.15, -0.1) is 5.10 Å². The van der Waals surface area contributed by atoms with Crippen molar-refractivity contribution in [3.05, 3.63) is 47.6 Å². The molecule has 34 heavy (non-hydrogen) atoms. The fraction of sp³-hybridized carbons (Fsp3) is 0.440. The Bertz CT molecular complexity index is 1280. The lowest BCUT2D eigenvalue weighted by Crippen LogP contribution is -2.13. The minimum Gasteiger partial charge on any atom is -0.497 e. The molecule has 0 aliphatic heterocycles. The van der Waals surface area contributed by atoms with E-state index >= 15 is 0 Å². The Hall–Kier alpha value is -3.62. The third-order valence-electron chi connectivity index (χ3n) is 6.68. The van der Waals surface area contributed by atoms with Crippen molar-refractivity contribution in [1.29, 1.82) is 0 Å². The Kier molecular flexibility index (Phi) is 6.08. The van der Waals surface area contributed by atoms with Crippen LogP contribution in [0.25, 0.3) is 17.2 Å². The van der Waals surface area contributed by atoms with Crippen molar-refractivity contribution in [2.24, 2.45) is 5.92 Å². The summed E-state index contributed by atoms with van der Waals surface area (Å²) in [5.41, 5.74) is 3.27. The smallest absolute Gasteiger partial charge is 0.245 e. The van der Waals surface area contributed by atoms with Gasteiger partial charge in [0.15, 0.2) is 11.5 Å². The first-order valence-corrected chi connectivity index (χ1v) is 11.7. The molecule has 0 spiro atoms. The van der Waals surface area contributed by atoms with Crippen molar-refractivity contribution in [2.75, 3.05) is 19.5 Å². The predicted molar refractivity (Wildman–Crippen MR) is 128 cm³/mol. The molecule has 1 aliphatic rings. The molecule has 4 aromatic rings. The summed E-state index contributed by atoms with van der Waals surface area (Å²) in [6.07, 6.45) is 7.82. The van der Waals surface area contributed by atoms with E-state index in [2.05, 4.69) is 17.2 Å². The zero-order valence-corrected chi connectivity index (χ0v) is 20.0. The number of hydrogen-bond acceptors (Lipinski definition) is 8. The number of methoxy groups -OCH3 is 2. The van der Waals surface area contributed by atoms with Crippen LogP contribution < -0.4 is 14.8 Å². The van der Waals surface area contributed by atoms with E-state index < -0.39 is 0 Å². The molecule has 3 heterocycles. The lowest BCUT2D eigenvalue weighted by atomic mass is 9.83. The average molecular weight is 463 g/mol. The second kappa shape index (κ2) is 9.32. The highest BCUT2D eigenvalue weighted by molar-refractivity contribution is 5.66. The van der Waals surface area contributed by atoms with E-state index in [1.165, 1.54) is 12.8 Å². The van der Waals surface area contributed by atoms with Crippen molar-refractivity contribution < 1.29 is 13.9 Å². The van der Waals surface area contributed by atoms with E-state index in [-0.39, 0.29) is 0 Å². The molecule has 1 N–H and O–H groups in total. The molecule has 1 aromatic carbocycles. The number of benzene rings is 1. The minimum atomic E-state index is 0.371. The number of aryl methyl sites for hydroxylation is 1. The van der Waals surface area contributed by atoms with Crippen LogP contribution in [0.5, 0.6) is 11.5 Å². The quantitative estimate of drug-likeness (QED) is 0.409. The Morgan fingerprint density at radius 3 is 2.65 bits per heavy atom. The molecule has 3 aromatic heterocycles. The molecule has 0 saturated heterocycles. The molecule has 1 fully saturated rings. The number of hydrogen-bond donors (Lipinski definition) is 1. The standard InChI is InChI=1S/C25H30N6O3/c1-15-5-7-17(8-6-15)22-29-23-16(2)21(24-26-11-12-34-24)28-25(31(23)30-22)27-14-18-9-10-19(32-3)13-20(18)33-4/h9-13,15,17H,5-8,14H2,1-4H3,(H,27,28). The summed E-state index contributed by atoms with van der Waals surface area (Å²) in [7, 11) is 3.29. The summed E-state index contributed by atoms with van der Waals surface area (Å²) in [6, 6.07) is 5.75. The van der Waals surface area contributed by atoms with Crippen LogP contribution in [0.4, 0.5) is 5.95 Å². The zero-order chi connectivity index (χ0) is 23.7. The molecule has 0 atom stereocenters. The number of rotatable bonds is 7. The number of nitrogens with one attached hydrogen (secondary N) is 1. The molecule has 9 heteroatoms. The summed E-state index contributed by atoms with van der Waals surface area (Å²) in [5, 5.41) is 8.33. The van der Waals surface area contributed by atoms with Crippen LogP contribution >= 0.6 is 0 Å². The Balaban J connectivity index is 1.53. The first-order chi connectivity index (χ1) is 16.6. The van der Waals surface area contributed by atoms with Gasteiger partial charge < -0.3 is 19.2 Å². The second-order valence-corrected chi connectivity index (χ2v) is 8.94. The van der Waals surface area contributed by atoms with Gasteiger partial charge in [-0.1, -0.05) is 19.8 Å². The number of anilines is 1. The van der Waals surface area contributed by atoms with Crippen LogP contribution in [-0.4, -0.2) is 38.8 Å². The second-order valence-electron chi connectivity index (χ2n) is 8.94. The largest absolute Gasteiger partial charge is 0.497 e. The van der Waals surface area contributed by atoms with Gasteiger partial charge in [0.2, 0.25) is 11.8 Å². The zero-order valence-electron chi connectivity index (χ0n) is 20.0. The van der Waals surface area contributed by atoms with E-state index in [9.17, 15) is 0 Å². The van der Waals surface area contributed by atoms with Gasteiger partial charge in [0.05, 0.1) is 20.4 Å². The van der Waals surface area contributed by atoms with E-state index in [0.29, 0.717) is 30.0 Å². The highest BCUT2D eigenvalue weighted by Crippen LogP contribution is 2.35. The van der Waals surface area contributed by atoms with E-state index in [4.69, 9.17) is 29.0 Å². The number of oxazole rings is 1. The summed E-state index contributed by atoms with van der Waals surface area (Å²) in [4.78, 5) is 14.1. The average Bonchev–Trinajstić information content (AvgIpc) is 3.55. The van der Waals surface area contributed by atoms with Gasteiger partial charge in [-0.05, 0) is 37.8 Å². The van der Waals surface area contributed by atoms with Gasteiger partial charge in [-0.2, -0.15) is 4.52 Å². The normalized spacial score (nSPS) is 18.2. The lowest BCUT2D eigenvalue weighted by molar-refractivity contribution is 0.340. The third-order valence-corrected chi connectivity index (χ3v) is 6.68. The van der Waals surface area contributed by atoms with Crippen molar-refractivity contribution in [3.8, 4) is 23.1 Å². The molecule has 1 aliphatic carbocycles. The topological polar surface area (TPSA) is 99.6 Å². The fourth-order valence-corrected chi connectivity index (χ4v) is 4.59. The van der Waals surface area contributed by atoms with Gasteiger partial charge in [0.1, 0.15) is 23.5 Å². The van der Waals surface area contributed by atoms with Crippen molar-refractivity contribution >= 4 is 11.6 Å². The van der Waals surface area contributed by atoms with Crippen LogP contribution in [0, 0.1) is 12.8 Å². The van der Waals surface area contributed by atoms with Crippen LogP contribution in [0.1, 0.15) is 55.5 Å². The van der Waals surface area contributed by atoms with Crippen molar-refractivity contribution in [3.63, 3.8) is 0 Å². The lowest BCUT2D eigenvalue weighted by Gasteiger charge is -2.23. The monoisotopic (exact) mass is 462 g/mol. The maximum Gasteiger partial charge on any atom is 0.245 e. The number of fused-ring (bicyclic) bond motifs is 1. The molecule has 5 rings (SSSR count). The number of nitrogens with zero attached hydrogens (tertiary/aromatic N) is 5. The highest BCUT2D eigenvalue weighted by atomic mass is 16.5. The Labute approximate surface area is 198 Å². The maximum atomic E-state index is 5.57.